The van der Waals surface area contributed by atoms with Gasteiger partial charge < -0.3 is 0 Å². The van der Waals surface area contributed by atoms with Crippen molar-refractivity contribution >= 4 is 5.71 Å². The van der Waals surface area contributed by atoms with Crippen LogP contribution in [-0.2, 0) is 0 Å². The highest BCUT2D eigenvalue weighted by atomic mass is 14.7. The van der Waals surface area contributed by atoms with Crippen LogP contribution in [0.1, 0.15) is 41.0 Å². The molecule has 0 spiro atoms. The van der Waals surface area contributed by atoms with E-state index in [9.17, 15) is 0 Å². The molecule has 1 heteroatoms. The van der Waals surface area contributed by atoms with E-state index in [4.69, 9.17) is 0 Å². The van der Waals surface area contributed by atoms with Crippen LogP contribution in [-0.4, -0.2) is 5.71 Å². The van der Waals surface area contributed by atoms with E-state index >= 15 is 0 Å². The molecule has 0 saturated carbocycles. The molecular formula is C19H25N. The standard InChI is InChI=1S/C19H25N/c1-7-15(4)18-12-11-17(6)20-13-19(18)16(5)10-8-9-14(2)3/h7-10,12-13H,2,11H2,1,3-6H3/b9-8-,15-7?,16-10+. The van der Waals surface area contributed by atoms with Gasteiger partial charge in [0.1, 0.15) is 0 Å². The van der Waals surface area contributed by atoms with Crippen molar-refractivity contribution in [3.8, 4) is 0 Å². The Balaban J connectivity index is 3.18. The van der Waals surface area contributed by atoms with Crippen molar-refractivity contribution in [2.24, 2.45) is 4.99 Å². The second-order valence-corrected chi connectivity index (χ2v) is 5.26. The Labute approximate surface area is 123 Å². The maximum absolute atomic E-state index is 4.53. The molecule has 1 heterocycles. The van der Waals surface area contributed by atoms with Crippen LogP contribution < -0.4 is 0 Å². The van der Waals surface area contributed by atoms with Gasteiger partial charge in [-0.25, -0.2) is 0 Å². The number of nitrogens with zero attached hydrogens (tertiary/aromatic N) is 1. The third-order valence-corrected chi connectivity index (χ3v) is 3.32. The SMILES string of the molecule is C=C(C)/C=C\C=C(/C)C1=CN=C(C)CC=C1C(C)=CC. The molecule has 1 nitrogen and oxygen atoms in total. The molecule has 1 rings (SSSR count). The fourth-order valence-electron chi connectivity index (χ4n) is 1.95. The van der Waals surface area contributed by atoms with Gasteiger partial charge in [-0.15, -0.1) is 0 Å². The van der Waals surface area contributed by atoms with Crippen molar-refractivity contribution in [1.29, 1.82) is 0 Å². The Hall–Kier alpha value is -1.89. The van der Waals surface area contributed by atoms with Gasteiger partial charge in [-0.3, -0.25) is 4.99 Å². The lowest BCUT2D eigenvalue weighted by molar-refractivity contribution is 1.27. The summed E-state index contributed by atoms with van der Waals surface area (Å²) >= 11 is 0. The molecule has 0 amide bonds. The molecule has 0 unspecified atom stereocenters. The minimum atomic E-state index is 0.912. The van der Waals surface area contributed by atoms with Crippen LogP contribution in [0.5, 0.6) is 0 Å². The van der Waals surface area contributed by atoms with Crippen molar-refractivity contribution in [3.63, 3.8) is 0 Å². The van der Waals surface area contributed by atoms with Crippen molar-refractivity contribution in [3.05, 3.63) is 71.0 Å². The lowest BCUT2D eigenvalue weighted by Gasteiger charge is -2.12. The predicted octanol–water partition coefficient (Wildman–Crippen LogP) is 5.71. The molecule has 0 atom stereocenters. The fraction of sp³-hybridized carbons (Fsp3) is 0.316. The lowest BCUT2D eigenvalue weighted by Crippen LogP contribution is -1.94. The summed E-state index contributed by atoms with van der Waals surface area (Å²) in [5.41, 5.74) is 7.19. The summed E-state index contributed by atoms with van der Waals surface area (Å²) in [4.78, 5) is 4.53. The minimum Gasteiger partial charge on any atom is -0.265 e. The van der Waals surface area contributed by atoms with E-state index in [0.717, 1.165) is 17.7 Å². The number of rotatable bonds is 4. The monoisotopic (exact) mass is 267 g/mol. The summed E-state index contributed by atoms with van der Waals surface area (Å²) in [6.45, 7) is 14.3. The number of aliphatic imine (C=N–C) groups is 1. The summed E-state index contributed by atoms with van der Waals surface area (Å²) in [6, 6.07) is 0. The zero-order valence-corrected chi connectivity index (χ0v) is 13.3. The highest BCUT2D eigenvalue weighted by Crippen LogP contribution is 2.28. The van der Waals surface area contributed by atoms with E-state index < -0.39 is 0 Å². The van der Waals surface area contributed by atoms with E-state index in [2.05, 4.69) is 57.5 Å². The number of allylic oxidation sites excluding steroid dienone is 10. The Kier molecular flexibility index (Phi) is 6.17. The minimum absolute atomic E-state index is 0.912. The summed E-state index contributed by atoms with van der Waals surface area (Å²) < 4.78 is 0. The zero-order chi connectivity index (χ0) is 15.1. The van der Waals surface area contributed by atoms with Gasteiger partial charge in [0.25, 0.3) is 0 Å². The van der Waals surface area contributed by atoms with Crippen molar-refractivity contribution in [1.82, 2.24) is 0 Å². The molecule has 0 aromatic carbocycles. The second-order valence-electron chi connectivity index (χ2n) is 5.26. The maximum Gasteiger partial charge on any atom is 0.0348 e. The molecule has 0 aromatic rings. The fourth-order valence-corrected chi connectivity index (χ4v) is 1.95. The van der Waals surface area contributed by atoms with Crippen LogP contribution in [0.2, 0.25) is 0 Å². The maximum atomic E-state index is 4.53. The first-order chi connectivity index (χ1) is 9.45. The molecule has 20 heavy (non-hydrogen) atoms. The van der Waals surface area contributed by atoms with Crippen LogP contribution in [0.15, 0.2) is 76.0 Å². The van der Waals surface area contributed by atoms with Gasteiger partial charge in [0.2, 0.25) is 0 Å². The first-order valence-corrected chi connectivity index (χ1v) is 7.03. The summed E-state index contributed by atoms with van der Waals surface area (Å²) in [6.07, 6.45) is 13.5. The second kappa shape index (κ2) is 7.64. The van der Waals surface area contributed by atoms with Gasteiger partial charge in [0, 0.05) is 23.9 Å². The average molecular weight is 267 g/mol. The van der Waals surface area contributed by atoms with Gasteiger partial charge in [-0.2, -0.15) is 0 Å². The molecule has 1 aliphatic rings. The van der Waals surface area contributed by atoms with Crippen molar-refractivity contribution in [2.75, 3.05) is 0 Å². The summed E-state index contributed by atoms with van der Waals surface area (Å²) in [5, 5.41) is 0. The molecule has 0 bridgehead atoms. The van der Waals surface area contributed by atoms with Crippen molar-refractivity contribution < 1.29 is 0 Å². The van der Waals surface area contributed by atoms with E-state index in [1.54, 1.807) is 0 Å². The average Bonchev–Trinajstić information content (AvgIpc) is 2.59. The lowest BCUT2D eigenvalue weighted by atomic mass is 9.93. The highest BCUT2D eigenvalue weighted by Gasteiger charge is 2.11. The topological polar surface area (TPSA) is 12.4 Å². The first-order valence-electron chi connectivity index (χ1n) is 7.03. The zero-order valence-electron chi connectivity index (χ0n) is 13.3. The third-order valence-electron chi connectivity index (χ3n) is 3.32. The van der Waals surface area contributed by atoms with Crippen LogP contribution in [0, 0.1) is 0 Å². The van der Waals surface area contributed by atoms with Gasteiger partial charge in [0.15, 0.2) is 0 Å². The summed E-state index contributed by atoms with van der Waals surface area (Å²) in [5.74, 6) is 0. The quantitative estimate of drug-likeness (QED) is 0.579. The molecule has 0 fully saturated rings. The third kappa shape index (κ3) is 4.65. The van der Waals surface area contributed by atoms with E-state index in [1.807, 2.05) is 25.3 Å². The smallest absolute Gasteiger partial charge is 0.0348 e. The van der Waals surface area contributed by atoms with Crippen molar-refractivity contribution in [2.45, 2.75) is 41.0 Å². The highest BCUT2D eigenvalue weighted by molar-refractivity contribution is 5.85. The number of hydrogen-bond acceptors (Lipinski definition) is 1. The Morgan fingerprint density at radius 3 is 2.50 bits per heavy atom. The molecule has 0 radical (unpaired) electrons. The first kappa shape index (κ1) is 16.2. The molecule has 1 aliphatic heterocycles. The summed E-state index contributed by atoms with van der Waals surface area (Å²) in [7, 11) is 0. The Bertz CT molecular complexity index is 561. The molecule has 0 aromatic heterocycles. The Morgan fingerprint density at radius 2 is 1.90 bits per heavy atom. The predicted molar refractivity (Wildman–Crippen MR) is 91.0 cm³/mol. The molecule has 106 valence electrons. The molecular weight excluding hydrogens is 242 g/mol. The van der Waals surface area contributed by atoms with Crippen LogP contribution in [0.25, 0.3) is 0 Å². The van der Waals surface area contributed by atoms with E-state index in [-0.39, 0.29) is 0 Å². The van der Waals surface area contributed by atoms with Crippen LogP contribution in [0.4, 0.5) is 0 Å². The molecule has 0 N–H and O–H groups in total. The normalized spacial score (nSPS) is 17.6. The van der Waals surface area contributed by atoms with E-state index in [0.29, 0.717) is 0 Å². The van der Waals surface area contributed by atoms with Gasteiger partial charge in [0.05, 0.1) is 0 Å². The van der Waals surface area contributed by atoms with E-state index in [1.165, 1.54) is 22.3 Å². The molecule has 0 saturated heterocycles. The van der Waals surface area contributed by atoms with Crippen LogP contribution in [0.3, 0.4) is 0 Å². The number of hydrogen-bond donors (Lipinski definition) is 0. The molecule has 0 aliphatic carbocycles. The van der Waals surface area contributed by atoms with Crippen LogP contribution >= 0.6 is 0 Å². The van der Waals surface area contributed by atoms with Gasteiger partial charge >= 0.3 is 0 Å². The Morgan fingerprint density at radius 1 is 1.20 bits per heavy atom. The van der Waals surface area contributed by atoms with Gasteiger partial charge in [-0.1, -0.05) is 42.5 Å². The largest absolute Gasteiger partial charge is 0.265 e. The van der Waals surface area contributed by atoms with Gasteiger partial charge in [-0.05, 0) is 51.3 Å².